The minimum Gasteiger partial charge on any atom is -0.496 e. The molecule has 6 nitrogen and oxygen atoms in total. The summed E-state index contributed by atoms with van der Waals surface area (Å²) >= 11 is 1.36. The zero-order chi connectivity index (χ0) is 17.3. The molecule has 1 aromatic carbocycles. The molecule has 2 heterocycles. The highest BCUT2D eigenvalue weighted by atomic mass is 32.1. The molecule has 0 unspecified atom stereocenters. The van der Waals surface area contributed by atoms with Gasteiger partial charge in [0.25, 0.3) is 5.91 Å². The average molecular weight is 344 g/mol. The Labute approximate surface area is 144 Å². The van der Waals surface area contributed by atoms with Crippen LogP contribution < -0.4 is 10.1 Å². The Balaban J connectivity index is 1.83. The molecule has 0 aliphatic rings. The van der Waals surface area contributed by atoms with E-state index in [2.05, 4.69) is 29.4 Å². The van der Waals surface area contributed by atoms with Crippen molar-refractivity contribution in [3.63, 3.8) is 0 Å². The fourth-order valence-electron chi connectivity index (χ4n) is 2.62. The van der Waals surface area contributed by atoms with Gasteiger partial charge in [-0.25, -0.2) is 0 Å². The minimum absolute atomic E-state index is 0.108. The van der Waals surface area contributed by atoms with Gasteiger partial charge in [0, 0.05) is 23.7 Å². The second-order valence-corrected chi connectivity index (χ2v) is 6.82. The zero-order valence-electron chi connectivity index (χ0n) is 14.2. The van der Waals surface area contributed by atoms with Gasteiger partial charge in [-0.1, -0.05) is 43.4 Å². The highest BCUT2D eigenvalue weighted by molar-refractivity contribution is 7.19. The second kappa shape index (κ2) is 6.60. The molecule has 0 atom stereocenters. The van der Waals surface area contributed by atoms with Crippen LogP contribution in [0.2, 0.25) is 0 Å². The summed E-state index contributed by atoms with van der Waals surface area (Å²) < 4.78 is 7.28. The Morgan fingerprint density at radius 3 is 2.79 bits per heavy atom. The molecular weight excluding hydrogens is 324 g/mol. The van der Waals surface area contributed by atoms with E-state index in [9.17, 15) is 4.79 Å². The predicted octanol–water partition coefficient (Wildman–Crippen LogP) is 3.16. The molecule has 7 heteroatoms. The Kier molecular flexibility index (Phi) is 4.53. The van der Waals surface area contributed by atoms with Crippen molar-refractivity contribution in [3.05, 3.63) is 46.2 Å². The molecular formula is C17H20N4O2S. The van der Waals surface area contributed by atoms with Gasteiger partial charge in [-0.15, -0.1) is 10.2 Å². The number of amides is 1. The van der Waals surface area contributed by atoms with E-state index in [1.54, 1.807) is 7.11 Å². The number of thiazole rings is 1. The van der Waals surface area contributed by atoms with Crippen LogP contribution in [0.3, 0.4) is 0 Å². The predicted molar refractivity (Wildman–Crippen MR) is 93.9 cm³/mol. The van der Waals surface area contributed by atoms with E-state index in [0.29, 0.717) is 11.4 Å². The number of carbonyl (C=O) groups is 1. The Hall–Kier alpha value is -2.41. The van der Waals surface area contributed by atoms with Crippen LogP contribution in [0.4, 0.5) is 0 Å². The number of hydrogen-bond acceptors (Lipinski definition) is 5. The highest BCUT2D eigenvalue weighted by Gasteiger charge is 2.21. The lowest BCUT2D eigenvalue weighted by atomic mass is 10.2. The third-order valence-corrected chi connectivity index (χ3v) is 5.00. The van der Waals surface area contributed by atoms with Crippen molar-refractivity contribution in [3.8, 4) is 5.75 Å². The van der Waals surface area contributed by atoms with Gasteiger partial charge < -0.3 is 10.1 Å². The van der Waals surface area contributed by atoms with Gasteiger partial charge in [0.2, 0.25) is 4.96 Å². The van der Waals surface area contributed by atoms with Crippen LogP contribution in [-0.2, 0) is 6.54 Å². The van der Waals surface area contributed by atoms with Crippen molar-refractivity contribution in [2.75, 3.05) is 7.11 Å². The third-order valence-electron chi connectivity index (χ3n) is 3.87. The quantitative estimate of drug-likeness (QED) is 0.772. The van der Waals surface area contributed by atoms with E-state index in [1.807, 2.05) is 35.6 Å². The molecule has 0 saturated heterocycles. The molecule has 1 amide bonds. The first kappa shape index (κ1) is 16.4. The van der Waals surface area contributed by atoms with E-state index >= 15 is 0 Å². The van der Waals surface area contributed by atoms with Crippen molar-refractivity contribution >= 4 is 22.2 Å². The molecule has 24 heavy (non-hydrogen) atoms. The Morgan fingerprint density at radius 2 is 2.08 bits per heavy atom. The van der Waals surface area contributed by atoms with Crippen molar-refractivity contribution in [1.82, 2.24) is 19.9 Å². The minimum atomic E-state index is -0.108. The summed E-state index contributed by atoms with van der Waals surface area (Å²) in [5.41, 5.74) is 1.82. The normalized spacial score (nSPS) is 11.2. The molecule has 0 radical (unpaired) electrons. The van der Waals surface area contributed by atoms with Crippen LogP contribution >= 0.6 is 11.3 Å². The van der Waals surface area contributed by atoms with Crippen LogP contribution in [0.5, 0.6) is 5.75 Å². The van der Waals surface area contributed by atoms with Crippen LogP contribution in [0.15, 0.2) is 24.3 Å². The van der Waals surface area contributed by atoms with Gasteiger partial charge in [-0.05, 0) is 13.0 Å². The summed E-state index contributed by atoms with van der Waals surface area (Å²) in [5.74, 6) is 1.78. The van der Waals surface area contributed by atoms with Crippen LogP contribution in [0, 0.1) is 6.92 Å². The van der Waals surface area contributed by atoms with E-state index in [4.69, 9.17) is 4.74 Å². The number of methoxy groups -OCH3 is 1. The molecule has 0 bridgehead atoms. The lowest BCUT2D eigenvalue weighted by molar-refractivity contribution is 0.0954. The number of ether oxygens (including phenoxy) is 1. The fraction of sp³-hybridized carbons (Fsp3) is 0.353. The molecule has 3 rings (SSSR count). The number of benzene rings is 1. The number of hydrogen-bond donors (Lipinski definition) is 1. The summed E-state index contributed by atoms with van der Waals surface area (Å²) in [7, 11) is 1.62. The molecule has 2 aromatic heterocycles. The molecule has 0 saturated carbocycles. The van der Waals surface area contributed by atoms with Crippen LogP contribution in [0.1, 0.15) is 46.5 Å². The largest absolute Gasteiger partial charge is 0.496 e. The fourth-order valence-corrected chi connectivity index (χ4v) is 3.61. The molecule has 3 aromatic rings. The summed E-state index contributed by atoms with van der Waals surface area (Å²) in [6.07, 6.45) is 0. The maximum absolute atomic E-state index is 12.6. The third kappa shape index (κ3) is 2.87. The van der Waals surface area contributed by atoms with Crippen molar-refractivity contribution in [1.29, 1.82) is 0 Å². The number of para-hydroxylation sites is 1. The van der Waals surface area contributed by atoms with Crippen LogP contribution in [0.25, 0.3) is 4.96 Å². The number of aromatic nitrogens is 3. The molecule has 0 fully saturated rings. The van der Waals surface area contributed by atoms with Crippen molar-refractivity contribution in [2.24, 2.45) is 0 Å². The Bertz CT molecular complexity index is 882. The van der Waals surface area contributed by atoms with Gasteiger partial charge in [0.1, 0.15) is 16.5 Å². The van der Waals surface area contributed by atoms with Gasteiger partial charge >= 0.3 is 0 Å². The Morgan fingerprint density at radius 1 is 1.33 bits per heavy atom. The van der Waals surface area contributed by atoms with E-state index in [1.165, 1.54) is 11.3 Å². The van der Waals surface area contributed by atoms with Gasteiger partial charge in [-0.2, -0.15) is 0 Å². The zero-order valence-corrected chi connectivity index (χ0v) is 15.0. The summed E-state index contributed by atoms with van der Waals surface area (Å²) in [6.45, 7) is 6.47. The van der Waals surface area contributed by atoms with E-state index in [0.717, 1.165) is 27.8 Å². The van der Waals surface area contributed by atoms with E-state index < -0.39 is 0 Å². The molecule has 0 aliphatic heterocycles. The maximum Gasteiger partial charge on any atom is 0.263 e. The second-order valence-electron chi connectivity index (χ2n) is 5.84. The number of nitrogens with zero attached hydrogens (tertiary/aromatic N) is 3. The first-order valence-corrected chi connectivity index (χ1v) is 8.59. The average Bonchev–Trinajstić information content (AvgIpc) is 3.13. The smallest absolute Gasteiger partial charge is 0.263 e. The topological polar surface area (TPSA) is 68.5 Å². The number of aryl methyl sites for hydroxylation is 1. The first-order valence-electron chi connectivity index (χ1n) is 7.77. The lowest BCUT2D eigenvalue weighted by Gasteiger charge is -2.09. The first-order chi connectivity index (χ1) is 11.5. The van der Waals surface area contributed by atoms with Crippen molar-refractivity contribution < 1.29 is 9.53 Å². The van der Waals surface area contributed by atoms with Gasteiger partial charge in [-0.3, -0.25) is 9.20 Å². The number of fused-ring (bicyclic) bond motifs is 1. The number of nitrogens with one attached hydrogen (secondary N) is 1. The van der Waals surface area contributed by atoms with Gasteiger partial charge in [0.15, 0.2) is 0 Å². The SMILES string of the molecule is COc1ccccc1CNC(=O)c1sc2nnc(C(C)C)n2c1C. The highest BCUT2D eigenvalue weighted by Crippen LogP contribution is 2.26. The van der Waals surface area contributed by atoms with Crippen molar-refractivity contribution in [2.45, 2.75) is 33.2 Å². The summed E-state index contributed by atoms with van der Waals surface area (Å²) in [4.78, 5) is 14.0. The lowest BCUT2D eigenvalue weighted by Crippen LogP contribution is -2.23. The molecule has 1 N–H and O–H groups in total. The summed E-state index contributed by atoms with van der Waals surface area (Å²) in [5, 5.41) is 11.3. The molecule has 0 aliphatic carbocycles. The number of carbonyl (C=O) groups excluding carboxylic acids is 1. The number of rotatable bonds is 5. The standard InChI is InChI=1S/C17H20N4O2S/c1-10(2)15-19-20-17-21(15)11(3)14(24-17)16(22)18-9-12-7-5-6-8-13(12)23-4/h5-8,10H,9H2,1-4H3,(H,18,22). The maximum atomic E-state index is 12.6. The van der Waals surface area contributed by atoms with Gasteiger partial charge in [0.05, 0.1) is 7.11 Å². The molecule has 0 spiro atoms. The summed E-state index contributed by atoms with van der Waals surface area (Å²) in [6, 6.07) is 7.65. The van der Waals surface area contributed by atoms with E-state index in [-0.39, 0.29) is 11.8 Å². The monoisotopic (exact) mass is 344 g/mol. The van der Waals surface area contributed by atoms with Crippen LogP contribution in [-0.4, -0.2) is 27.6 Å². The molecule has 126 valence electrons.